The molecular formula is C17H26N2O2S. The Morgan fingerprint density at radius 1 is 1.45 bits per heavy atom. The molecule has 2 unspecified atom stereocenters. The van der Waals surface area contributed by atoms with E-state index in [0.29, 0.717) is 0 Å². The summed E-state index contributed by atoms with van der Waals surface area (Å²) in [5, 5.41) is 13.5. The van der Waals surface area contributed by atoms with E-state index in [-0.39, 0.29) is 29.9 Å². The van der Waals surface area contributed by atoms with Crippen molar-refractivity contribution in [1.82, 2.24) is 10.3 Å². The first-order chi connectivity index (χ1) is 10.4. The molecule has 1 heterocycles. The van der Waals surface area contributed by atoms with Gasteiger partial charge in [-0.3, -0.25) is 4.79 Å². The molecule has 22 heavy (non-hydrogen) atoms. The van der Waals surface area contributed by atoms with E-state index >= 15 is 0 Å². The average molecular weight is 322 g/mol. The standard InChI is InChI=1S/C17H26N2O2S/c1-17(2,3)16-18-10-13(22-16)8-9-15(21)19-14-7-5-4-6-12(14)11-20/h8-10,12,14,20H,4-7,11H2,1-3H3,(H,19,21)/b9-8+. The molecular weight excluding hydrogens is 296 g/mol. The van der Waals surface area contributed by atoms with Gasteiger partial charge in [-0.2, -0.15) is 0 Å². The number of carbonyl (C=O) groups is 1. The number of nitrogens with zero attached hydrogens (tertiary/aromatic N) is 1. The molecule has 2 rings (SSSR count). The van der Waals surface area contributed by atoms with Crippen molar-refractivity contribution < 1.29 is 9.90 Å². The Kier molecular flexibility index (Phi) is 5.75. The highest BCUT2D eigenvalue weighted by atomic mass is 32.1. The monoisotopic (exact) mass is 322 g/mol. The summed E-state index contributed by atoms with van der Waals surface area (Å²) in [6.07, 6.45) is 9.42. The second-order valence-corrected chi connectivity index (χ2v) is 8.06. The molecule has 1 amide bonds. The zero-order valence-corrected chi connectivity index (χ0v) is 14.4. The molecule has 0 spiro atoms. The molecule has 122 valence electrons. The number of nitrogens with one attached hydrogen (secondary N) is 1. The Bertz CT molecular complexity index is 531. The van der Waals surface area contributed by atoms with Crippen molar-refractivity contribution in [1.29, 1.82) is 0 Å². The van der Waals surface area contributed by atoms with Crippen LogP contribution < -0.4 is 5.32 Å². The maximum Gasteiger partial charge on any atom is 0.244 e. The quantitative estimate of drug-likeness (QED) is 0.837. The van der Waals surface area contributed by atoms with E-state index in [1.54, 1.807) is 17.4 Å². The second-order valence-electron chi connectivity index (χ2n) is 6.99. The summed E-state index contributed by atoms with van der Waals surface area (Å²) in [6, 6.07) is 0.0995. The van der Waals surface area contributed by atoms with Gasteiger partial charge in [-0.15, -0.1) is 11.3 Å². The first-order valence-corrected chi connectivity index (χ1v) is 8.77. The Balaban J connectivity index is 1.92. The van der Waals surface area contributed by atoms with Crippen molar-refractivity contribution >= 4 is 23.3 Å². The molecule has 1 aliphatic rings. The number of aliphatic hydroxyl groups excluding tert-OH is 1. The van der Waals surface area contributed by atoms with Crippen molar-refractivity contribution in [3.8, 4) is 0 Å². The highest BCUT2D eigenvalue weighted by molar-refractivity contribution is 7.12. The maximum atomic E-state index is 12.1. The van der Waals surface area contributed by atoms with Crippen LogP contribution in [0, 0.1) is 5.92 Å². The van der Waals surface area contributed by atoms with Crippen LogP contribution in [0.1, 0.15) is 56.3 Å². The van der Waals surface area contributed by atoms with E-state index in [9.17, 15) is 9.90 Å². The van der Waals surface area contributed by atoms with Crippen LogP contribution >= 0.6 is 11.3 Å². The van der Waals surface area contributed by atoms with E-state index in [2.05, 4.69) is 31.1 Å². The summed E-state index contributed by atoms with van der Waals surface area (Å²) >= 11 is 1.62. The predicted octanol–water partition coefficient (Wildman–Crippen LogP) is 3.12. The molecule has 4 nitrogen and oxygen atoms in total. The molecule has 0 radical (unpaired) electrons. The Labute approximate surface area is 136 Å². The molecule has 1 aromatic heterocycles. The van der Waals surface area contributed by atoms with E-state index < -0.39 is 0 Å². The van der Waals surface area contributed by atoms with Gasteiger partial charge in [0.1, 0.15) is 0 Å². The van der Waals surface area contributed by atoms with Gasteiger partial charge in [0.05, 0.1) is 5.01 Å². The van der Waals surface area contributed by atoms with E-state index in [0.717, 1.165) is 35.6 Å². The summed E-state index contributed by atoms with van der Waals surface area (Å²) in [5.41, 5.74) is 0.0372. The van der Waals surface area contributed by atoms with Gasteiger partial charge in [0.15, 0.2) is 0 Å². The number of hydrogen-bond acceptors (Lipinski definition) is 4. The van der Waals surface area contributed by atoms with Crippen LogP contribution in [0.2, 0.25) is 0 Å². The summed E-state index contributed by atoms with van der Waals surface area (Å²) in [7, 11) is 0. The molecule has 0 aromatic carbocycles. The Morgan fingerprint density at radius 2 is 2.18 bits per heavy atom. The summed E-state index contributed by atoms with van der Waals surface area (Å²) in [5.74, 6) is 0.109. The molecule has 1 saturated carbocycles. The minimum Gasteiger partial charge on any atom is -0.396 e. The fourth-order valence-corrected chi connectivity index (χ4v) is 3.59. The number of hydrogen-bond donors (Lipinski definition) is 2. The maximum absolute atomic E-state index is 12.1. The average Bonchev–Trinajstić information content (AvgIpc) is 2.95. The third kappa shape index (κ3) is 4.65. The topological polar surface area (TPSA) is 62.2 Å². The van der Waals surface area contributed by atoms with Crippen molar-refractivity contribution in [3.05, 3.63) is 22.2 Å². The molecule has 2 N–H and O–H groups in total. The van der Waals surface area contributed by atoms with Crippen LogP contribution in [0.25, 0.3) is 6.08 Å². The molecule has 1 aliphatic carbocycles. The lowest BCUT2D eigenvalue weighted by Gasteiger charge is -2.30. The zero-order valence-electron chi connectivity index (χ0n) is 13.6. The normalized spacial score (nSPS) is 22.9. The third-order valence-electron chi connectivity index (χ3n) is 4.04. The largest absolute Gasteiger partial charge is 0.396 e. The number of carbonyl (C=O) groups excluding carboxylic acids is 1. The minimum absolute atomic E-state index is 0.0372. The highest BCUT2D eigenvalue weighted by Crippen LogP contribution is 2.27. The van der Waals surface area contributed by atoms with Gasteiger partial charge in [0.25, 0.3) is 0 Å². The number of aromatic nitrogens is 1. The van der Waals surface area contributed by atoms with E-state index in [4.69, 9.17) is 0 Å². The first-order valence-electron chi connectivity index (χ1n) is 7.96. The summed E-state index contributed by atoms with van der Waals surface area (Å²) in [6.45, 7) is 6.54. The lowest BCUT2D eigenvalue weighted by Crippen LogP contribution is -2.42. The second kappa shape index (κ2) is 7.38. The Morgan fingerprint density at radius 3 is 2.82 bits per heavy atom. The van der Waals surface area contributed by atoms with Crippen molar-refractivity contribution in [2.75, 3.05) is 6.61 Å². The van der Waals surface area contributed by atoms with Crippen LogP contribution in [0.5, 0.6) is 0 Å². The summed E-state index contributed by atoms with van der Waals surface area (Å²) < 4.78 is 0. The molecule has 1 aromatic rings. The van der Waals surface area contributed by atoms with Gasteiger partial charge >= 0.3 is 0 Å². The molecule has 1 fully saturated rings. The van der Waals surface area contributed by atoms with E-state index in [1.807, 2.05) is 12.3 Å². The molecule has 0 saturated heterocycles. The van der Waals surface area contributed by atoms with Gasteiger partial charge in [-0.05, 0) is 18.9 Å². The van der Waals surface area contributed by atoms with Gasteiger partial charge in [0.2, 0.25) is 5.91 Å². The number of rotatable bonds is 4. The molecule has 5 heteroatoms. The zero-order chi connectivity index (χ0) is 16.2. The highest BCUT2D eigenvalue weighted by Gasteiger charge is 2.25. The van der Waals surface area contributed by atoms with Crippen LogP contribution in [0.3, 0.4) is 0 Å². The number of amides is 1. The van der Waals surface area contributed by atoms with Crippen molar-refractivity contribution in [3.63, 3.8) is 0 Å². The predicted molar refractivity (Wildman–Crippen MR) is 90.8 cm³/mol. The minimum atomic E-state index is -0.0870. The number of aliphatic hydroxyl groups is 1. The van der Waals surface area contributed by atoms with E-state index in [1.165, 1.54) is 0 Å². The Hall–Kier alpha value is -1.20. The molecule has 2 atom stereocenters. The lowest BCUT2D eigenvalue weighted by atomic mass is 9.85. The van der Waals surface area contributed by atoms with Gasteiger partial charge in [-0.25, -0.2) is 4.98 Å². The smallest absolute Gasteiger partial charge is 0.244 e. The molecule has 0 bridgehead atoms. The fraction of sp³-hybridized carbons (Fsp3) is 0.647. The van der Waals surface area contributed by atoms with Crippen LogP contribution in [-0.2, 0) is 10.2 Å². The van der Waals surface area contributed by atoms with Crippen LogP contribution in [0.15, 0.2) is 12.3 Å². The molecule has 0 aliphatic heterocycles. The lowest BCUT2D eigenvalue weighted by molar-refractivity contribution is -0.117. The SMILES string of the molecule is CC(C)(C)c1ncc(/C=C/C(=O)NC2CCCCC2CO)s1. The number of thiazole rings is 1. The fourth-order valence-electron chi connectivity index (χ4n) is 2.72. The first kappa shape index (κ1) is 17.2. The van der Waals surface area contributed by atoms with Crippen molar-refractivity contribution in [2.24, 2.45) is 5.92 Å². The van der Waals surface area contributed by atoms with Crippen LogP contribution in [-0.4, -0.2) is 28.6 Å². The summed E-state index contributed by atoms with van der Waals surface area (Å²) in [4.78, 5) is 17.5. The van der Waals surface area contributed by atoms with Gasteiger partial charge in [0, 0.05) is 41.1 Å². The van der Waals surface area contributed by atoms with Crippen LogP contribution in [0.4, 0.5) is 0 Å². The van der Waals surface area contributed by atoms with Gasteiger partial charge in [-0.1, -0.05) is 33.6 Å². The third-order valence-corrected chi connectivity index (χ3v) is 5.42. The van der Waals surface area contributed by atoms with Gasteiger partial charge < -0.3 is 10.4 Å². The van der Waals surface area contributed by atoms with Crippen molar-refractivity contribution in [2.45, 2.75) is 57.9 Å².